The molecule has 2 rings (SSSR count). The third-order valence-corrected chi connectivity index (χ3v) is 3.25. The number of hydrogen-bond acceptors (Lipinski definition) is 4. The van der Waals surface area contributed by atoms with Crippen LogP contribution in [-0.2, 0) is 11.2 Å². The summed E-state index contributed by atoms with van der Waals surface area (Å²) in [5.74, 6) is -0.247. The Balaban J connectivity index is 1.98. The van der Waals surface area contributed by atoms with Crippen LogP contribution in [0.1, 0.15) is 5.56 Å². The molecular formula is C15H15ClN2O3. The van der Waals surface area contributed by atoms with Gasteiger partial charge in [0.05, 0.1) is 11.1 Å². The van der Waals surface area contributed by atoms with Crippen molar-refractivity contribution in [3.8, 4) is 11.5 Å². The molecule has 2 aromatic rings. The zero-order valence-electron chi connectivity index (χ0n) is 11.1. The molecule has 1 amide bonds. The fourth-order valence-electron chi connectivity index (χ4n) is 1.80. The first kappa shape index (κ1) is 15.2. The van der Waals surface area contributed by atoms with E-state index >= 15 is 0 Å². The Morgan fingerprint density at radius 1 is 1.19 bits per heavy atom. The number of rotatable bonds is 4. The topological polar surface area (TPSA) is 95.6 Å². The molecule has 5 nitrogen and oxygen atoms in total. The van der Waals surface area contributed by atoms with E-state index in [1.165, 1.54) is 18.2 Å². The fourth-order valence-corrected chi connectivity index (χ4v) is 1.98. The molecule has 0 saturated heterocycles. The van der Waals surface area contributed by atoms with Gasteiger partial charge >= 0.3 is 0 Å². The van der Waals surface area contributed by atoms with Gasteiger partial charge in [-0.25, -0.2) is 0 Å². The molecule has 1 atom stereocenters. The highest BCUT2D eigenvalue weighted by molar-refractivity contribution is 6.32. The van der Waals surface area contributed by atoms with Crippen LogP contribution in [0.15, 0.2) is 42.5 Å². The van der Waals surface area contributed by atoms with Crippen molar-refractivity contribution in [1.29, 1.82) is 0 Å². The van der Waals surface area contributed by atoms with Gasteiger partial charge < -0.3 is 21.3 Å². The smallest absolute Gasteiger partial charge is 0.241 e. The Morgan fingerprint density at radius 2 is 1.86 bits per heavy atom. The van der Waals surface area contributed by atoms with Gasteiger partial charge in [0.15, 0.2) is 0 Å². The van der Waals surface area contributed by atoms with E-state index in [1.54, 1.807) is 24.3 Å². The van der Waals surface area contributed by atoms with Crippen LogP contribution in [0.3, 0.4) is 0 Å². The lowest BCUT2D eigenvalue weighted by Gasteiger charge is -2.13. The number of carbonyl (C=O) groups is 1. The van der Waals surface area contributed by atoms with E-state index in [4.69, 9.17) is 17.3 Å². The van der Waals surface area contributed by atoms with Crippen LogP contribution in [0.5, 0.6) is 11.5 Å². The molecule has 0 fully saturated rings. The number of phenols is 2. The van der Waals surface area contributed by atoms with Gasteiger partial charge in [-0.3, -0.25) is 4.79 Å². The Morgan fingerprint density at radius 3 is 2.48 bits per heavy atom. The summed E-state index contributed by atoms with van der Waals surface area (Å²) in [5, 5.41) is 21.3. The van der Waals surface area contributed by atoms with Gasteiger partial charge in [0.25, 0.3) is 0 Å². The Hall–Kier alpha value is -2.24. The van der Waals surface area contributed by atoms with Crippen molar-refractivity contribution in [3.05, 3.63) is 53.1 Å². The minimum absolute atomic E-state index is 0.0527. The number of hydrogen-bond donors (Lipinski definition) is 4. The van der Waals surface area contributed by atoms with Crippen molar-refractivity contribution in [2.75, 3.05) is 5.32 Å². The predicted octanol–water partition coefficient (Wildman–Crippen LogP) is 2.26. The van der Waals surface area contributed by atoms with Crippen LogP contribution in [0.25, 0.3) is 0 Å². The van der Waals surface area contributed by atoms with Gasteiger partial charge in [0.1, 0.15) is 11.5 Å². The molecule has 0 aliphatic heterocycles. The van der Waals surface area contributed by atoms with Crippen molar-refractivity contribution < 1.29 is 15.0 Å². The number of benzene rings is 2. The maximum Gasteiger partial charge on any atom is 0.241 e. The predicted molar refractivity (Wildman–Crippen MR) is 81.5 cm³/mol. The average molecular weight is 307 g/mol. The molecule has 2 aromatic carbocycles. The van der Waals surface area contributed by atoms with Crippen LogP contribution in [0.4, 0.5) is 5.69 Å². The number of halogens is 1. The van der Waals surface area contributed by atoms with Crippen LogP contribution >= 0.6 is 11.6 Å². The first-order valence-electron chi connectivity index (χ1n) is 6.28. The highest BCUT2D eigenvalue weighted by atomic mass is 35.5. The summed E-state index contributed by atoms with van der Waals surface area (Å²) < 4.78 is 0. The summed E-state index contributed by atoms with van der Waals surface area (Å²) in [7, 11) is 0. The molecule has 0 aliphatic carbocycles. The molecule has 5 N–H and O–H groups in total. The molecule has 110 valence electrons. The molecule has 0 aliphatic rings. The van der Waals surface area contributed by atoms with Crippen molar-refractivity contribution in [2.45, 2.75) is 12.5 Å². The summed E-state index contributed by atoms with van der Waals surface area (Å²) in [6, 6.07) is 10.1. The number of anilines is 1. The maximum absolute atomic E-state index is 12.0. The summed E-state index contributed by atoms with van der Waals surface area (Å²) in [5.41, 5.74) is 7.15. The van der Waals surface area contributed by atoms with Crippen LogP contribution in [0, 0.1) is 0 Å². The molecule has 21 heavy (non-hydrogen) atoms. The third kappa shape index (κ3) is 4.11. The lowest BCUT2D eigenvalue weighted by molar-refractivity contribution is -0.117. The van der Waals surface area contributed by atoms with Crippen LogP contribution in [0.2, 0.25) is 5.02 Å². The SMILES string of the molecule is N[C@H](Cc1ccc(O)cc1)C(=O)Nc1ccc(O)c(Cl)c1. The number of carbonyl (C=O) groups excluding carboxylic acids is 1. The van der Waals surface area contributed by atoms with E-state index < -0.39 is 6.04 Å². The van der Waals surface area contributed by atoms with Gasteiger partial charge in [-0.2, -0.15) is 0 Å². The second-order valence-corrected chi connectivity index (χ2v) is 5.04. The molecule has 0 bridgehead atoms. The molecule has 0 unspecified atom stereocenters. The lowest BCUT2D eigenvalue weighted by Crippen LogP contribution is -2.37. The van der Waals surface area contributed by atoms with E-state index in [9.17, 15) is 15.0 Å². The Bertz CT molecular complexity index is 644. The normalized spacial score (nSPS) is 11.9. The Kier molecular flexibility index (Phi) is 4.67. The minimum atomic E-state index is -0.734. The van der Waals surface area contributed by atoms with Crippen LogP contribution in [-0.4, -0.2) is 22.2 Å². The van der Waals surface area contributed by atoms with Crippen molar-refractivity contribution >= 4 is 23.2 Å². The molecule has 0 aromatic heterocycles. The quantitative estimate of drug-likeness (QED) is 0.652. The maximum atomic E-state index is 12.0. The van der Waals surface area contributed by atoms with E-state index in [2.05, 4.69) is 5.32 Å². The second kappa shape index (κ2) is 6.47. The summed E-state index contributed by atoms with van der Waals surface area (Å²) >= 11 is 5.77. The monoisotopic (exact) mass is 306 g/mol. The third-order valence-electron chi connectivity index (χ3n) is 2.94. The largest absolute Gasteiger partial charge is 0.508 e. The van der Waals surface area contributed by atoms with Crippen molar-refractivity contribution in [3.63, 3.8) is 0 Å². The molecule has 0 heterocycles. The number of phenolic OH excluding ortho intramolecular Hbond substituents is 2. The lowest BCUT2D eigenvalue weighted by atomic mass is 10.1. The van der Waals surface area contributed by atoms with Crippen LogP contribution < -0.4 is 11.1 Å². The van der Waals surface area contributed by atoms with E-state index in [1.807, 2.05) is 0 Å². The second-order valence-electron chi connectivity index (χ2n) is 4.63. The Labute approximate surface area is 127 Å². The first-order chi connectivity index (χ1) is 9.95. The molecule has 0 radical (unpaired) electrons. The zero-order chi connectivity index (χ0) is 15.4. The summed E-state index contributed by atoms with van der Waals surface area (Å²) in [6.07, 6.45) is 0.345. The van der Waals surface area contributed by atoms with E-state index in [0.717, 1.165) is 5.56 Å². The summed E-state index contributed by atoms with van der Waals surface area (Å²) in [6.45, 7) is 0. The molecule has 0 saturated carbocycles. The van der Waals surface area contributed by atoms with Gasteiger partial charge in [0.2, 0.25) is 5.91 Å². The van der Waals surface area contributed by atoms with Gasteiger partial charge in [-0.1, -0.05) is 23.7 Å². The summed E-state index contributed by atoms with van der Waals surface area (Å²) in [4.78, 5) is 12.0. The molecule has 6 heteroatoms. The van der Waals surface area contributed by atoms with E-state index in [-0.39, 0.29) is 22.4 Å². The fraction of sp³-hybridized carbons (Fsp3) is 0.133. The zero-order valence-corrected chi connectivity index (χ0v) is 11.8. The first-order valence-corrected chi connectivity index (χ1v) is 6.66. The van der Waals surface area contributed by atoms with Crippen molar-refractivity contribution in [1.82, 2.24) is 0 Å². The highest BCUT2D eigenvalue weighted by Crippen LogP contribution is 2.26. The highest BCUT2D eigenvalue weighted by Gasteiger charge is 2.14. The van der Waals surface area contributed by atoms with Gasteiger partial charge in [0, 0.05) is 5.69 Å². The molecular weight excluding hydrogens is 292 g/mol. The standard InChI is InChI=1S/C15H15ClN2O3/c16-12-8-10(3-6-14(12)20)18-15(21)13(17)7-9-1-4-11(19)5-2-9/h1-6,8,13,19-20H,7,17H2,(H,18,21)/t13-/m1/s1. The minimum Gasteiger partial charge on any atom is -0.508 e. The van der Waals surface area contributed by atoms with E-state index in [0.29, 0.717) is 12.1 Å². The average Bonchev–Trinajstić information content (AvgIpc) is 2.45. The van der Waals surface area contributed by atoms with Gasteiger partial charge in [-0.15, -0.1) is 0 Å². The molecule has 0 spiro atoms. The van der Waals surface area contributed by atoms with Gasteiger partial charge in [-0.05, 0) is 42.3 Å². The number of amides is 1. The number of nitrogens with two attached hydrogens (primary N) is 1. The number of aromatic hydroxyl groups is 2. The van der Waals surface area contributed by atoms with Crippen molar-refractivity contribution in [2.24, 2.45) is 5.73 Å². The number of nitrogens with one attached hydrogen (secondary N) is 1.